The van der Waals surface area contributed by atoms with Crippen molar-refractivity contribution in [3.05, 3.63) is 80.4 Å². The van der Waals surface area contributed by atoms with Gasteiger partial charge in [0.2, 0.25) is 0 Å². The summed E-state index contributed by atoms with van der Waals surface area (Å²) >= 11 is 1.46. The minimum absolute atomic E-state index is 0.0998. The molecule has 2 heterocycles. The fraction of sp³-hybridized carbons (Fsp3) is 0.211. The minimum Gasteiger partial charge on any atom is -0.332 e. The number of halogens is 1. The molecule has 0 aliphatic rings. The lowest BCUT2D eigenvalue weighted by atomic mass is 10.1. The molecule has 3 aromatic rings. The number of carbonyl (C=O) groups is 1. The van der Waals surface area contributed by atoms with Crippen LogP contribution in [0.15, 0.2) is 52.9 Å². The molecule has 0 bridgehead atoms. The topological polar surface area (TPSA) is 55.2 Å². The van der Waals surface area contributed by atoms with E-state index in [0.717, 1.165) is 5.01 Å². The van der Waals surface area contributed by atoms with Gasteiger partial charge in [-0.2, -0.15) is 0 Å². The zero-order valence-electron chi connectivity index (χ0n) is 14.6. The number of aromatic nitrogens is 2. The first-order valence-electron chi connectivity index (χ1n) is 8.05. The number of hydrogen-bond donors (Lipinski definition) is 0. The summed E-state index contributed by atoms with van der Waals surface area (Å²) in [6, 6.07) is 7.02. The molecule has 0 aliphatic carbocycles. The van der Waals surface area contributed by atoms with Crippen LogP contribution < -0.4 is 5.56 Å². The Morgan fingerprint density at radius 2 is 1.96 bits per heavy atom. The number of thiazole rings is 1. The Hall–Kier alpha value is -2.80. The summed E-state index contributed by atoms with van der Waals surface area (Å²) in [6.07, 6.45) is 3.27. The predicted octanol–water partition coefficient (Wildman–Crippen LogP) is 3.57. The molecular weight excluding hydrogens is 353 g/mol. The van der Waals surface area contributed by atoms with Crippen LogP contribution in [0.3, 0.4) is 0 Å². The lowest BCUT2D eigenvalue weighted by Crippen LogP contribution is -2.36. The third-order valence-electron chi connectivity index (χ3n) is 4.33. The highest BCUT2D eigenvalue weighted by molar-refractivity contribution is 7.09. The second-order valence-electron chi connectivity index (χ2n) is 5.99. The van der Waals surface area contributed by atoms with Crippen LogP contribution in [0.25, 0.3) is 5.69 Å². The summed E-state index contributed by atoms with van der Waals surface area (Å²) < 4.78 is 14.5. The van der Waals surface area contributed by atoms with Crippen molar-refractivity contribution in [1.29, 1.82) is 0 Å². The van der Waals surface area contributed by atoms with Crippen molar-refractivity contribution in [2.75, 3.05) is 7.05 Å². The number of pyridine rings is 1. The summed E-state index contributed by atoms with van der Waals surface area (Å²) in [5, 5.41) is 2.65. The lowest BCUT2D eigenvalue weighted by molar-refractivity contribution is 0.0739. The third kappa shape index (κ3) is 3.30. The van der Waals surface area contributed by atoms with E-state index in [1.54, 1.807) is 32.4 Å². The van der Waals surface area contributed by atoms with Crippen molar-refractivity contribution in [1.82, 2.24) is 14.5 Å². The third-order valence-corrected chi connectivity index (χ3v) is 5.28. The first-order valence-corrected chi connectivity index (χ1v) is 8.93. The van der Waals surface area contributed by atoms with Crippen LogP contribution in [0.5, 0.6) is 0 Å². The average Bonchev–Trinajstić information content (AvgIpc) is 3.16. The fourth-order valence-electron chi connectivity index (χ4n) is 2.65. The van der Waals surface area contributed by atoms with Gasteiger partial charge in [0.1, 0.15) is 16.4 Å². The Labute approximate surface area is 154 Å². The molecule has 1 amide bonds. The number of aryl methyl sites for hydroxylation is 1. The molecule has 134 valence electrons. The second kappa shape index (κ2) is 7.21. The minimum atomic E-state index is -0.431. The number of hydrogen-bond acceptors (Lipinski definition) is 4. The van der Waals surface area contributed by atoms with Gasteiger partial charge in [0.25, 0.3) is 11.5 Å². The van der Waals surface area contributed by atoms with Crippen LogP contribution in [0.2, 0.25) is 0 Å². The second-order valence-corrected chi connectivity index (χ2v) is 6.91. The molecule has 3 rings (SSSR count). The molecule has 1 atom stereocenters. The van der Waals surface area contributed by atoms with Gasteiger partial charge >= 0.3 is 0 Å². The largest absolute Gasteiger partial charge is 0.332 e. The number of rotatable bonds is 4. The Morgan fingerprint density at radius 3 is 2.58 bits per heavy atom. The van der Waals surface area contributed by atoms with Gasteiger partial charge in [-0.05, 0) is 49.7 Å². The van der Waals surface area contributed by atoms with Crippen LogP contribution in [0.4, 0.5) is 4.39 Å². The van der Waals surface area contributed by atoms with Gasteiger partial charge in [0.15, 0.2) is 0 Å². The van der Waals surface area contributed by atoms with Crippen molar-refractivity contribution in [3.8, 4) is 5.69 Å². The molecule has 2 aromatic heterocycles. The van der Waals surface area contributed by atoms with Gasteiger partial charge < -0.3 is 4.90 Å². The highest BCUT2D eigenvalue weighted by atomic mass is 32.1. The Morgan fingerprint density at radius 1 is 1.27 bits per heavy atom. The summed E-state index contributed by atoms with van der Waals surface area (Å²) in [6.45, 7) is 3.60. The fourth-order valence-corrected chi connectivity index (χ4v) is 3.39. The van der Waals surface area contributed by atoms with E-state index in [1.807, 2.05) is 12.3 Å². The average molecular weight is 371 g/mol. The molecule has 0 fully saturated rings. The van der Waals surface area contributed by atoms with Crippen LogP contribution in [0, 0.1) is 12.7 Å². The monoisotopic (exact) mass is 371 g/mol. The summed E-state index contributed by atoms with van der Waals surface area (Å²) in [5.41, 5.74) is 0.764. The standard InChI is InChI=1S/C19H18FN3O2S/c1-12-8-10-23(15-6-4-14(20)5-7-15)19(25)16(12)18(24)22(3)13(2)17-21-9-11-26-17/h4-11,13H,1-3H3. The number of carbonyl (C=O) groups excluding carboxylic acids is 1. The molecule has 5 nitrogen and oxygen atoms in total. The number of amides is 1. The van der Waals surface area contributed by atoms with Crippen LogP contribution >= 0.6 is 11.3 Å². The van der Waals surface area contributed by atoms with Crippen LogP contribution in [0.1, 0.15) is 33.9 Å². The van der Waals surface area contributed by atoms with Gasteiger partial charge in [0, 0.05) is 30.5 Å². The van der Waals surface area contributed by atoms with E-state index >= 15 is 0 Å². The van der Waals surface area contributed by atoms with Crippen molar-refractivity contribution in [2.45, 2.75) is 19.9 Å². The van der Waals surface area contributed by atoms with Crippen LogP contribution in [-0.4, -0.2) is 27.4 Å². The maximum Gasteiger partial charge on any atom is 0.268 e. The van der Waals surface area contributed by atoms with E-state index in [1.165, 1.54) is 45.1 Å². The molecule has 7 heteroatoms. The highest BCUT2D eigenvalue weighted by Crippen LogP contribution is 2.22. The van der Waals surface area contributed by atoms with Gasteiger partial charge in [-0.1, -0.05) is 0 Å². The molecule has 1 unspecified atom stereocenters. The molecule has 0 saturated carbocycles. The first-order chi connectivity index (χ1) is 12.4. The normalized spacial score (nSPS) is 12.0. The predicted molar refractivity (Wildman–Crippen MR) is 99.4 cm³/mol. The van der Waals surface area contributed by atoms with E-state index in [2.05, 4.69) is 4.98 Å². The van der Waals surface area contributed by atoms with Crippen molar-refractivity contribution in [2.24, 2.45) is 0 Å². The van der Waals surface area contributed by atoms with E-state index in [9.17, 15) is 14.0 Å². The molecule has 26 heavy (non-hydrogen) atoms. The lowest BCUT2D eigenvalue weighted by Gasteiger charge is -2.24. The van der Waals surface area contributed by atoms with Gasteiger partial charge in [0.05, 0.1) is 6.04 Å². The summed E-state index contributed by atoms with van der Waals surface area (Å²) in [7, 11) is 1.66. The molecular formula is C19H18FN3O2S. The number of nitrogens with zero attached hydrogens (tertiary/aromatic N) is 3. The van der Waals surface area contributed by atoms with E-state index in [4.69, 9.17) is 0 Å². The smallest absolute Gasteiger partial charge is 0.268 e. The van der Waals surface area contributed by atoms with E-state index in [0.29, 0.717) is 11.3 Å². The highest BCUT2D eigenvalue weighted by Gasteiger charge is 2.25. The van der Waals surface area contributed by atoms with Crippen molar-refractivity contribution < 1.29 is 9.18 Å². The van der Waals surface area contributed by atoms with Crippen molar-refractivity contribution >= 4 is 17.2 Å². The Balaban J connectivity index is 2.01. The van der Waals surface area contributed by atoms with E-state index in [-0.39, 0.29) is 23.3 Å². The molecule has 0 radical (unpaired) electrons. The molecule has 1 aromatic carbocycles. The zero-order valence-corrected chi connectivity index (χ0v) is 15.5. The molecule has 0 aliphatic heterocycles. The van der Waals surface area contributed by atoms with Gasteiger partial charge in [-0.3, -0.25) is 14.2 Å². The summed E-state index contributed by atoms with van der Waals surface area (Å²) in [5.74, 6) is -0.756. The maximum absolute atomic E-state index is 13.2. The zero-order chi connectivity index (χ0) is 18.8. The Bertz CT molecular complexity index is 981. The van der Waals surface area contributed by atoms with Crippen molar-refractivity contribution in [3.63, 3.8) is 0 Å². The van der Waals surface area contributed by atoms with Crippen LogP contribution in [-0.2, 0) is 0 Å². The SMILES string of the molecule is Cc1ccn(-c2ccc(F)cc2)c(=O)c1C(=O)N(C)C(C)c1nccs1. The molecule has 0 N–H and O–H groups in total. The van der Waals surface area contributed by atoms with Gasteiger partial charge in [-0.15, -0.1) is 11.3 Å². The summed E-state index contributed by atoms with van der Waals surface area (Å²) in [4.78, 5) is 31.7. The van der Waals surface area contributed by atoms with Gasteiger partial charge in [-0.25, -0.2) is 9.37 Å². The maximum atomic E-state index is 13.2. The first kappa shape index (κ1) is 18.0. The Kier molecular flexibility index (Phi) is 4.99. The van der Waals surface area contributed by atoms with E-state index < -0.39 is 5.56 Å². The quantitative estimate of drug-likeness (QED) is 0.704. The molecule has 0 spiro atoms. The number of benzene rings is 1. The molecule has 0 saturated heterocycles.